The van der Waals surface area contributed by atoms with Crippen molar-refractivity contribution in [1.29, 1.82) is 0 Å². The van der Waals surface area contributed by atoms with Crippen molar-refractivity contribution in [2.45, 2.75) is 163 Å². The number of carboxylic acids is 1. The van der Waals surface area contributed by atoms with Crippen LogP contribution in [0.5, 0.6) is 0 Å². The summed E-state index contributed by atoms with van der Waals surface area (Å²) in [5.41, 5.74) is 1.44. The number of fused-ring (bicyclic) bond motifs is 2. The van der Waals surface area contributed by atoms with Crippen molar-refractivity contribution in [2.75, 3.05) is 31.1 Å². The quantitative estimate of drug-likeness (QED) is 0.0385. The second-order valence-corrected chi connectivity index (χ2v) is 18.7. The first-order valence-electron chi connectivity index (χ1n) is 21.5. The van der Waals surface area contributed by atoms with Crippen molar-refractivity contribution in [3.05, 3.63) is 35.4 Å². The lowest BCUT2D eigenvalue weighted by molar-refractivity contribution is -0.121. The van der Waals surface area contributed by atoms with Crippen LogP contribution in [0.15, 0.2) is 24.3 Å². The molecule has 4 fully saturated rings. The molecule has 56 heavy (non-hydrogen) atoms. The Kier molecular flexibility index (Phi) is 19.0. The fourth-order valence-electron chi connectivity index (χ4n) is 8.49. The summed E-state index contributed by atoms with van der Waals surface area (Å²) in [7, 11) is 0. The lowest BCUT2D eigenvalue weighted by Crippen LogP contribution is -2.36. The molecule has 4 saturated heterocycles. The number of nitrogens with one attached hydrogen (secondary N) is 5. The Bertz CT molecular complexity index is 1420. The van der Waals surface area contributed by atoms with E-state index < -0.39 is 5.97 Å². The number of aromatic carboxylic acids is 1. The van der Waals surface area contributed by atoms with Crippen LogP contribution in [0.4, 0.5) is 9.59 Å². The van der Waals surface area contributed by atoms with Crippen molar-refractivity contribution < 1.29 is 29.1 Å². The van der Waals surface area contributed by atoms with Gasteiger partial charge in [-0.15, -0.1) is 0 Å². The molecule has 312 valence electrons. The SMILES string of the molecule is O=C(CCCCCCCN(CCCCCCCNC(=O)CCCCC1SCC2NC(=O)NC21)Cc1ccc(C(=O)O)cc1)CCCCC1SCC2NC(=O)NC21. The molecule has 0 aliphatic carbocycles. The predicted octanol–water partition coefficient (Wildman–Crippen LogP) is 6.61. The van der Waals surface area contributed by atoms with E-state index in [2.05, 4.69) is 31.5 Å². The molecule has 0 aromatic heterocycles. The molecule has 6 unspecified atom stereocenters. The Morgan fingerprint density at radius 3 is 1.71 bits per heavy atom. The zero-order chi connectivity index (χ0) is 39.5. The number of hydrogen-bond donors (Lipinski definition) is 6. The molecule has 4 heterocycles. The molecule has 5 rings (SSSR count). The third-order valence-electron chi connectivity index (χ3n) is 11.7. The second kappa shape index (κ2) is 24.1. The van der Waals surface area contributed by atoms with Crippen molar-refractivity contribution in [3.63, 3.8) is 0 Å². The maximum absolute atomic E-state index is 12.5. The van der Waals surface area contributed by atoms with Crippen LogP contribution in [-0.4, -0.2) is 106 Å². The lowest BCUT2D eigenvalue weighted by atomic mass is 10.0. The molecule has 0 spiro atoms. The summed E-state index contributed by atoms with van der Waals surface area (Å²) in [5.74, 6) is 1.55. The van der Waals surface area contributed by atoms with E-state index in [1.54, 1.807) is 12.1 Å². The van der Waals surface area contributed by atoms with Gasteiger partial charge in [-0.2, -0.15) is 23.5 Å². The second-order valence-electron chi connectivity index (χ2n) is 16.2. The van der Waals surface area contributed by atoms with Gasteiger partial charge in [-0.05, 0) is 82.2 Å². The highest BCUT2D eigenvalue weighted by Gasteiger charge is 2.43. The van der Waals surface area contributed by atoms with Crippen LogP contribution in [0.25, 0.3) is 0 Å². The number of rotatable bonds is 29. The number of thioether (sulfide) groups is 2. The minimum absolute atomic E-state index is 0.0439. The normalized spacial score (nSPS) is 23.7. The topological polar surface area (TPSA) is 169 Å². The average molecular weight is 815 g/mol. The van der Waals surface area contributed by atoms with Gasteiger partial charge in [-0.25, -0.2) is 14.4 Å². The third-order valence-corrected chi connectivity index (χ3v) is 14.7. The van der Waals surface area contributed by atoms with Crippen LogP contribution < -0.4 is 26.6 Å². The number of ketones is 1. The fraction of sp³-hybridized carbons (Fsp3) is 0.738. The Morgan fingerprint density at radius 1 is 0.643 bits per heavy atom. The van der Waals surface area contributed by atoms with Crippen molar-refractivity contribution in [1.82, 2.24) is 31.5 Å². The van der Waals surface area contributed by atoms with Gasteiger partial charge in [0.2, 0.25) is 5.91 Å². The molecule has 6 atom stereocenters. The van der Waals surface area contributed by atoms with Crippen molar-refractivity contribution in [3.8, 4) is 0 Å². The van der Waals surface area contributed by atoms with Crippen molar-refractivity contribution in [2.24, 2.45) is 0 Å². The molecule has 0 radical (unpaired) electrons. The predicted molar refractivity (Wildman–Crippen MR) is 225 cm³/mol. The van der Waals surface area contributed by atoms with Gasteiger partial charge in [0, 0.05) is 54.4 Å². The summed E-state index contributed by atoms with van der Waals surface area (Å²) in [6, 6.07) is 8.11. The molecule has 6 N–H and O–H groups in total. The van der Waals surface area contributed by atoms with E-state index >= 15 is 0 Å². The van der Waals surface area contributed by atoms with E-state index in [0.717, 1.165) is 146 Å². The largest absolute Gasteiger partial charge is 0.478 e. The average Bonchev–Trinajstić information content (AvgIpc) is 3.94. The summed E-state index contributed by atoms with van der Waals surface area (Å²) in [6.07, 6.45) is 18.7. The molecular weight excluding hydrogens is 749 g/mol. The highest BCUT2D eigenvalue weighted by atomic mass is 32.2. The van der Waals surface area contributed by atoms with Crippen LogP contribution in [0, 0.1) is 0 Å². The summed E-state index contributed by atoms with van der Waals surface area (Å²) in [6.45, 7) is 3.54. The van der Waals surface area contributed by atoms with E-state index in [4.69, 9.17) is 0 Å². The smallest absolute Gasteiger partial charge is 0.335 e. The zero-order valence-corrected chi connectivity index (χ0v) is 34.8. The number of benzene rings is 1. The van der Waals surface area contributed by atoms with E-state index in [9.17, 15) is 29.1 Å². The number of carboxylic acid groups (broad SMARTS) is 1. The van der Waals surface area contributed by atoms with Gasteiger partial charge in [0.05, 0.1) is 29.7 Å². The Morgan fingerprint density at radius 2 is 1.14 bits per heavy atom. The lowest BCUT2D eigenvalue weighted by Gasteiger charge is -2.22. The first-order chi connectivity index (χ1) is 27.2. The van der Waals surface area contributed by atoms with E-state index in [0.29, 0.717) is 41.1 Å². The fourth-order valence-corrected chi connectivity index (χ4v) is 11.6. The van der Waals surface area contributed by atoms with E-state index in [-0.39, 0.29) is 42.1 Å². The number of Topliss-reactive ketones (excluding diaryl/α,β-unsaturated/α-hetero) is 1. The van der Waals surface area contributed by atoms with E-state index in [1.807, 2.05) is 35.7 Å². The van der Waals surface area contributed by atoms with Gasteiger partial charge in [-0.1, -0.05) is 63.5 Å². The number of amides is 5. The van der Waals surface area contributed by atoms with Crippen molar-refractivity contribution >= 4 is 53.2 Å². The molecule has 1 aromatic rings. The molecule has 4 aliphatic heterocycles. The number of unbranched alkanes of at least 4 members (excludes halogenated alkanes) is 10. The number of carbonyl (C=O) groups is 5. The molecule has 0 saturated carbocycles. The van der Waals surface area contributed by atoms with Gasteiger partial charge < -0.3 is 31.7 Å². The molecule has 4 aliphatic rings. The number of hydrogen-bond acceptors (Lipinski definition) is 8. The van der Waals surface area contributed by atoms with E-state index in [1.165, 1.54) is 0 Å². The van der Waals surface area contributed by atoms with Crippen LogP contribution >= 0.6 is 23.5 Å². The van der Waals surface area contributed by atoms with Gasteiger partial charge in [0.25, 0.3) is 0 Å². The summed E-state index contributed by atoms with van der Waals surface area (Å²) in [5, 5.41) is 25.3. The molecule has 0 bridgehead atoms. The first kappa shape index (κ1) is 44.1. The standard InChI is InChI=1S/C42H66N6O6S2/c49-32(16-8-9-17-35-38-33(28-55-35)44-41(53)46-38)15-7-3-1-5-13-25-48(27-30-20-22-31(23-21-30)40(51)52)26-14-6-2-4-12-24-43-37(50)19-11-10-18-36-39-34(29-56-36)45-42(54)47-39/h20-23,33-36,38-39H,1-19,24-29H2,(H,43,50)(H,51,52)(H2,44,46,53)(H2,45,47,54). The van der Waals surface area contributed by atoms with Crippen LogP contribution in [0.3, 0.4) is 0 Å². The number of carbonyl (C=O) groups excluding carboxylic acids is 4. The molecule has 1 aromatic carbocycles. The summed E-state index contributed by atoms with van der Waals surface area (Å²) in [4.78, 5) is 61.8. The minimum atomic E-state index is -0.905. The summed E-state index contributed by atoms with van der Waals surface area (Å²) < 4.78 is 0. The van der Waals surface area contributed by atoms with Gasteiger partial charge in [0.15, 0.2) is 0 Å². The first-order valence-corrected chi connectivity index (χ1v) is 23.5. The Labute approximate surface area is 342 Å². The number of urea groups is 2. The molecular formula is C42H66N6O6S2. The monoisotopic (exact) mass is 814 g/mol. The third kappa shape index (κ3) is 15.1. The summed E-state index contributed by atoms with van der Waals surface area (Å²) >= 11 is 3.85. The highest BCUT2D eigenvalue weighted by Crippen LogP contribution is 2.34. The zero-order valence-electron chi connectivity index (χ0n) is 33.2. The Hall–Kier alpha value is -2.97. The van der Waals surface area contributed by atoms with Gasteiger partial charge >= 0.3 is 18.0 Å². The van der Waals surface area contributed by atoms with Gasteiger partial charge in [0.1, 0.15) is 5.78 Å². The van der Waals surface area contributed by atoms with Gasteiger partial charge in [-0.3, -0.25) is 14.5 Å². The van der Waals surface area contributed by atoms with Crippen LogP contribution in [0.1, 0.15) is 138 Å². The van der Waals surface area contributed by atoms with Crippen LogP contribution in [0.2, 0.25) is 0 Å². The highest BCUT2D eigenvalue weighted by molar-refractivity contribution is 8.00. The molecule has 5 amide bonds. The maximum atomic E-state index is 12.5. The molecule has 14 heteroatoms. The molecule has 12 nitrogen and oxygen atoms in total. The van der Waals surface area contributed by atoms with Crippen LogP contribution in [-0.2, 0) is 16.1 Å². The number of nitrogens with zero attached hydrogens (tertiary/aromatic N) is 1. The maximum Gasteiger partial charge on any atom is 0.335 e. The minimum Gasteiger partial charge on any atom is -0.478 e. The Balaban J connectivity index is 0.863.